The largest absolute Gasteiger partial charge is 0.358 e. The van der Waals surface area contributed by atoms with E-state index in [0.717, 1.165) is 30.5 Å². The Hall–Kier alpha value is -3.41. The summed E-state index contributed by atoms with van der Waals surface area (Å²) in [5.74, 6) is 0.317. The number of aromatic nitrogens is 4. The van der Waals surface area contributed by atoms with Crippen molar-refractivity contribution in [2.45, 2.75) is 45.6 Å². The number of piperidine rings is 1. The normalized spacial score (nSPS) is 16.8. The molecule has 1 N–H and O–H groups in total. The third-order valence-corrected chi connectivity index (χ3v) is 6.45. The van der Waals surface area contributed by atoms with E-state index in [2.05, 4.69) is 66.2 Å². The fourth-order valence-corrected chi connectivity index (χ4v) is 4.92. The molecule has 0 radical (unpaired) electrons. The van der Waals surface area contributed by atoms with Crippen LogP contribution in [0.4, 0.5) is 0 Å². The maximum atomic E-state index is 13.4. The average molecular weight is 428 g/mol. The second-order valence-corrected chi connectivity index (χ2v) is 9.04. The fourth-order valence-electron chi connectivity index (χ4n) is 4.92. The Balaban J connectivity index is 1.53. The lowest BCUT2D eigenvalue weighted by Gasteiger charge is -2.33. The van der Waals surface area contributed by atoms with Gasteiger partial charge in [0.2, 0.25) is 0 Å². The standard InChI is InChI=1S/C26H29N5O/c1-17(2)31-23(10-13-28-31)26(32)30-14-4-5-20(16-30)25-24(19-8-11-27-12-9-19)21-15-18(3)6-7-22(21)29-25/h6-13,15,17,20,29H,4-5,14,16H2,1-3H3/t20-/m1/s1. The van der Waals surface area contributed by atoms with Gasteiger partial charge in [-0.3, -0.25) is 14.5 Å². The molecule has 1 saturated heterocycles. The van der Waals surface area contributed by atoms with Gasteiger partial charge in [0, 0.05) is 65.8 Å². The molecule has 0 aliphatic carbocycles. The Labute approximate surface area is 188 Å². The topological polar surface area (TPSA) is 66.8 Å². The van der Waals surface area contributed by atoms with E-state index in [1.807, 2.05) is 28.0 Å². The summed E-state index contributed by atoms with van der Waals surface area (Å²) >= 11 is 0. The molecular formula is C26H29N5O. The average Bonchev–Trinajstić information content (AvgIpc) is 3.44. The molecule has 1 aliphatic heterocycles. The van der Waals surface area contributed by atoms with E-state index in [9.17, 15) is 4.79 Å². The molecule has 5 rings (SSSR count). The molecule has 0 saturated carbocycles. The zero-order valence-corrected chi connectivity index (χ0v) is 18.9. The molecule has 6 heteroatoms. The number of hydrogen-bond acceptors (Lipinski definition) is 3. The van der Waals surface area contributed by atoms with E-state index in [4.69, 9.17) is 0 Å². The Morgan fingerprint density at radius 1 is 1.12 bits per heavy atom. The molecule has 1 amide bonds. The third-order valence-electron chi connectivity index (χ3n) is 6.45. The molecule has 0 unspecified atom stereocenters. The highest BCUT2D eigenvalue weighted by molar-refractivity contribution is 5.98. The first kappa shape index (κ1) is 20.5. The number of nitrogens with one attached hydrogen (secondary N) is 1. The van der Waals surface area contributed by atoms with Crippen LogP contribution in [0.1, 0.15) is 60.4 Å². The lowest BCUT2D eigenvalue weighted by atomic mass is 9.89. The van der Waals surface area contributed by atoms with E-state index in [1.165, 1.54) is 22.2 Å². The highest BCUT2D eigenvalue weighted by Crippen LogP contribution is 2.39. The number of pyridine rings is 1. The predicted molar refractivity (Wildman–Crippen MR) is 127 cm³/mol. The molecule has 1 aromatic carbocycles. The van der Waals surface area contributed by atoms with E-state index < -0.39 is 0 Å². The molecule has 1 aliphatic rings. The molecule has 32 heavy (non-hydrogen) atoms. The second-order valence-electron chi connectivity index (χ2n) is 9.04. The van der Waals surface area contributed by atoms with Gasteiger partial charge in [-0.15, -0.1) is 0 Å². The second kappa shape index (κ2) is 8.26. The van der Waals surface area contributed by atoms with Gasteiger partial charge in [-0.25, -0.2) is 0 Å². The number of carbonyl (C=O) groups excluding carboxylic acids is 1. The van der Waals surface area contributed by atoms with Gasteiger partial charge in [0.25, 0.3) is 5.91 Å². The zero-order valence-electron chi connectivity index (χ0n) is 18.9. The van der Waals surface area contributed by atoms with Gasteiger partial charge in [0.1, 0.15) is 5.69 Å². The Kier molecular flexibility index (Phi) is 5.29. The van der Waals surface area contributed by atoms with Crippen LogP contribution in [0.2, 0.25) is 0 Å². The number of fused-ring (bicyclic) bond motifs is 1. The Bertz CT molecular complexity index is 1250. The summed E-state index contributed by atoms with van der Waals surface area (Å²) < 4.78 is 1.82. The van der Waals surface area contributed by atoms with Crippen LogP contribution in [0, 0.1) is 6.92 Å². The highest BCUT2D eigenvalue weighted by atomic mass is 16.2. The number of H-pyrrole nitrogens is 1. The van der Waals surface area contributed by atoms with Crippen molar-refractivity contribution in [2.75, 3.05) is 13.1 Å². The first-order valence-corrected chi connectivity index (χ1v) is 11.4. The Morgan fingerprint density at radius 3 is 2.72 bits per heavy atom. The summed E-state index contributed by atoms with van der Waals surface area (Å²) in [5.41, 5.74) is 6.65. The van der Waals surface area contributed by atoms with Crippen molar-refractivity contribution in [1.82, 2.24) is 24.6 Å². The van der Waals surface area contributed by atoms with Crippen molar-refractivity contribution < 1.29 is 4.79 Å². The molecule has 6 nitrogen and oxygen atoms in total. The van der Waals surface area contributed by atoms with Gasteiger partial charge in [-0.05, 0) is 69.5 Å². The molecule has 1 atom stereocenters. The molecule has 4 aromatic rings. The number of likely N-dealkylation sites (tertiary alicyclic amines) is 1. The summed E-state index contributed by atoms with van der Waals surface area (Å²) in [7, 11) is 0. The van der Waals surface area contributed by atoms with E-state index in [0.29, 0.717) is 12.2 Å². The molecular weight excluding hydrogens is 398 g/mol. The zero-order chi connectivity index (χ0) is 22.2. The lowest BCUT2D eigenvalue weighted by molar-refractivity contribution is 0.0691. The minimum atomic E-state index is 0.0679. The minimum Gasteiger partial charge on any atom is -0.358 e. The number of aromatic amines is 1. The van der Waals surface area contributed by atoms with Crippen LogP contribution in [-0.4, -0.2) is 43.6 Å². The van der Waals surface area contributed by atoms with Gasteiger partial charge >= 0.3 is 0 Å². The molecule has 3 aromatic heterocycles. The first-order chi connectivity index (χ1) is 15.5. The number of rotatable bonds is 4. The SMILES string of the molecule is Cc1ccc2[nH]c([C@@H]3CCCN(C(=O)c4ccnn4C(C)C)C3)c(-c3ccncc3)c2c1. The number of nitrogens with zero attached hydrogens (tertiary/aromatic N) is 4. The number of amides is 1. The summed E-state index contributed by atoms with van der Waals surface area (Å²) in [6.07, 6.45) is 7.44. The van der Waals surface area contributed by atoms with Crippen LogP contribution < -0.4 is 0 Å². The number of hydrogen-bond donors (Lipinski definition) is 1. The quantitative estimate of drug-likeness (QED) is 0.478. The molecule has 164 valence electrons. The van der Waals surface area contributed by atoms with Crippen molar-refractivity contribution in [1.29, 1.82) is 0 Å². The summed E-state index contributed by atoms with van der Waals surface area (Å²) in [4.78, 5) is 23.3. The van der Waals surface area contributed by atoms with Gasteiger partial charge in [0.05, 0.1) is 0 Å². The van der Waals surface area contributed by atoms with Crippen molar-refractivity contribution in [3.05, 3.63) is 71.9 Å². The Morgan fingerprint density at radius 2 is 1.94 bits per heavy atom. The monoisotopic (exact) mass is 427 g/mol. The van der Waals surface area contributed by atoms with Crippen LogP contribution in [-0.2, 0) is 0 Å². The van der Waals surface area contributed by atoms with Crippen molar-refractivity contribution >= 4 is 16.8 Å². The third kappa shape index (κ3) is 3.60. The van der Waals surface area contributed by atoms with Crippen LogP contribution >= 0.6 is 0 Å². The van der Waals surface area contributed by atoms with Crippen LogP contribution in [0.5, 0.6) is 0 Å². The van der Waals surface area contributed by atoms with Crippen LogP contribution in [0.25, 0.3) is 22.0 Å². The maximum absolute atomic E-state index is 13.4. The van der Waals surface area contributed by atoms with Crippen LogP contribution in [0.15, 0.2) is 55.0 Å². The minimum absolute atomic E-state index is 0.0679. The van der Waals surface area contributed by atoms with Gasteiger partial charge in [0.15, 0.2) is 0 Å². The molecule has 0 spiro atoms. The van der Waals surface area contributed by atoms with E-state index in [-0.39, 0.29) is 17.9 Å². The van der Waals surface area contributed by atoms with Gasteiger partial charge in [-0.1, -0.05) is 11.6 Å². The molecule has 1 fully saturated rings. The number of aryl methyl sites for hydroxylation is 1. The smallest absolute Gasteiger partial charge is 0.272 e. The van der Waals surface area contributed by atoms with Gasteiger partial charge < -0.3 is 9.88 Å². The van der Waals surface area contributed by atoms with E-state index >= 15 is 0 Å². The summed E-state index contributed by atoms with van der Waals surface area (Å²) in [5, 5.41) is 5.59. The van der Waals surface area contributed by atoms with Crippen molar-refractivity contribution in [3.8, 4) is 11.1 Å². The number of benzene rings is 1. The van der Waals surface area contributed by atoms with Gasteiger partial charge in [-0.2, -0.15) is 5.10 Å². The van der Waals surface area contributed by atoms with E-state index in [1.54, 1.807) is 6.20 Å². The molecule has 4 heterocycles. The maximum Gasteiger partial charge on any atom is 0.272 e. The predicted octanol–water partition coefficient (Wildman–Crippen LogP) is 5.34. The lowest BCUT2D eigenvalue weighted by Crippen LogP contribution is -2.40. The molecule has 0 bridgehead atoms. The van der Waals surface area contributed by atoms with Crippen LogP contribution in [0.3, 0.4) is 0 Å². The summed E-state index contributed by atoms with van der Waals surface area (Å²) in [6, 6.07) is 12.7. The highest BCUT2D eigenvalue weighted by Gasteiger charge is 2.30. The fraction of sp³-hybridized carbons (Fsp3) is 0.346. The first-order valence-electron chi connectivity index (χ1n) is 11.4. The summed E-state index contributed by atoms with van der Waals surface area (Å²) in [6.45, 7) is 7.71. The number of carbonyl (C=O) groups is 1. The van der Waals surface area contributed by atoms with Crippen molar-refractivity contribution in [2.24, 2.45) is 0 Å². The van der Waals surface area contributed by atoms with Crippen molar-refractivity contribution in [3.63, 3.8) is 0 Å².